The first kappa shape index (κ1) is 9.39. The van der Waals surface area contributed by atoms with Crippen molar-refractivity contribution < 1.29 is 9.90 Å². The van der Waals surface area contributed by atoms with Crippen LogP contribution >= 0.6 is 0 Å². The zero-order chi connectivity index (χ0) is 7.98. The van der Waals surface area contributed by atoms with Crippen LogP contribution in [0.4, 0.5) is 0 Å². The number of hydrogen-bond acceptors (Lipinski definition) is 3. The highest BCUT2D eigenvalue weighted by molar-refractivity contribution is 5.78. The highest BCUT2D eigenvalue weighted by atomic mass is 16.3. The monoisotopic (exact) mass is 146 g/mol. The molecule has 0 aromatic carbocycles. The summed E-state index contributed by atoms with van der Waals surface area (Å²) in [4.78, 5) is 10.6. The first-order valence-electron chi connectivity index (χ1n) is 3.34. The molecule has 0 aliphatic heterocycles. The standard InChI is InChI=1S/C6H14N2O2/c1-2-5(4-9)8-6(10)3-7/h5,9H,2-4,7H2,1H3,(H,8,10)/t5-/m0/s1. The van der Waals surface area contributed by atoms with Crippen LogP contribution in [0.25, 0.3) is 0 Å². The van der Waals surface area contributed by atoms with Crippen molar-refractivity contribution >= 4 is 5.91 Å². The molecule has 0 saturated carbocycles. The van der Waals surface area contributed by atoms with Crippen molar-refractivity contribution in [2.24, 2.45) is 5.73 Å². The molecule has 0 rings (SSSR count). The number of rotatable bonds is 4. The molecule has 60 valence electrons. The van der Waals surface area contributed by atoms with Crippen LogP contribution in [0, 0.1) is 0 Å². The lowest BCUT2D eigenvalue weighted by Crippen LogP contribution is -2.40. The predicted octanol–water partition coefficient (Wildman–Crippen LogP) is -1.17. The first-order chi connectivity index (χ1) is 4.74. The van der Waals surface area contributed by atoms with E-state index >= 15 is 0 Å². The van der Waals surface area contributed by atoms with E-state index in [1.807, 2.05) is 6.92 Å². The average Bonchev–Trinajstić information content (AvgIpc) is 1.99. The second kappa shape index (κ2) is 5.20. The Kier molecular flexibility index (Phi) is 4.88. The first-order valence-corrected chi connectivity index (χ1v) is 3.34. The Morgan fingerprint density at radius 3 is 2.70 bits per heavy atom. The van der Waals surface area contributed by atoms with Crippen molar-refractivity contribution in [1.29, 1.82) is 0 Å². The van der Waals surface area contributed by atoms with E-state index in [1.54, 1.807) is 0 Å². The maximum atomic E-state index is 10.6. The summed E-state index contributed by atoms with van der Waals surface area (Å²) in [5.74, 6) is -0.221. The second-order valence-corrected chi connectivity index (χ2v) is 2.06. The van der Waals surface area contributed by atoms with Crippen LogP contribution in [0.3, 0.4) is 0 Å². The summed E-state index contributed by atoms with van der Waals surface area (Å²) >= 11 is 0. The van der Waals surface area contributed by atoms with Gasteiger partial charge in [0.25, 0.3) is 0 Å². The van der Waals surface area contributed by atoms with Gasteiger partial charge in [-0.05, 0) is 6.42 Å². The molecule has 0 saturated heterocycles. The minimum absolute atomic E-state index is 0.0174. The third-order valence-corrected chi connectivity index (χ3v) is 1.26. The van der Waals surface area contributed by atoms with E-state index in [4.69, 9.17) is 10.8 Å². The van der Waals surface area contributed by atoms with Crippen LogP contribution in [-0.4, -0.2) is 30.2 Å². The molecule has 1 atom stereocenters. The number of aliphatic hydroxyl groups excluding tert-OH is 1. The normalized spacial score (nSPS) is 12.7. The van der Waals surface area contributed by atoms with Gasteiger partial charge in [0.15, 0.2) is 0 Å². The molecule has 0 aromatic heterocycles. The number of carbonyl (C=O) groups excluding carboxylic acids is 1. The molecule has 0 aliphatic rings. The van der Waals surface area contributed by atoms with Crippen molar-refractivity contribution in [2.75, 3.05) is 13.2 Å². The summed E-state index contributed by atoms with van der Waals surface area (Å²) in [6.45, 7) is 1.84. The maximum Gasteiger partial charge on any atom is 0.234 e. The molecular weight excluding hydrogens is 132 g/mol. The predicted molar refractivity (Wildman–Crippen MR) is 38.4 cm³/mol. The molecule has 0 aliphatic carbocycles. The molecule has 0 bridgehead atoms. The van der Waals surface area contributed by atoms with E-state index in [0.717, 1.165) is 6.42 Å². The van der Waals surface area contributed by atoms with Crippen LogP contribution < -0.4 is 11.1 Å². The lowest BCUT2D eigenvalue weighted by molar-refractivity contribution is -0.120. The number of amides is 1. The van der Waals surface area contributed by atoms with E-state index in [1.165, 1.54) is 0 Å². The van der Waals surface area contributed by atoms with Crippen LogP contribution in [0.15, 0.2) is 0 Å². The lowest BCUT2D eigenvalue weighted by Gasteiger charge is -2.12. The molecule has 10 heavy (non-hydrogen) atoms. The molecular formula is C6H14N2O2. The number of carbonyl (C=O) groups is 1. The number of nitrogens with one attached hydrogen (secondary N) is 1. The smallest absolute Gasteiger partial charge is 0.234 e. The molecule has 0 fully saturated rings. The highest BCUT2D eigenvalue weighted by Gasteiger charge is 2.05. The van der Waals surface area contributed by atoms with E-state index < -0.39 is 0 Å². The van der Waals surface area contributed by atoms with Crippen molar-refractivity contribution in [3.05, 3.63) is 0 Å². The van der Waals surface area contributed by atoms with Crippen LogP contribution in [0.1, 0.15) is 13.3 Å². The molecule has 4 heteroatoms. The van der Waals surface area contributed by atoms with E-state index in [0.29, 0.717) is 0 Å². The summed E-state index contributed by atoms with van der Waals surface area (Å²) in [5.41, 5.74) is 5.04. The lowest BCUT2D eigenvalue weighted by atomic mass is 10.2. The molecule has 0 heterocycles. The highest BCUT2D eigenvalue weighted by Crippen LogP contribution is 1.86. The third kappa shape index (κ3) is 3.42. The van der Waals surface area contributed by atoms with Crippen LogP contribution in [0.5, 0.6) is 0 Å². The van der Waals surface area contributed by atoms with Gasteiger partial charge in [-0.3, -0.25) is 4.79 Å². The SMILES string of the molecule is CC[C@@H](CO)NC(=O)CN. The molecule has 1 amide bonds. The fourth-order valence-electron chi connectivity index (χ4n) is 0.563. The fourth-order valence-corrected chi connectivity index (χ4v) is 0.563. The minimum Gasteiger partial charge on any atom is -0.394 e. The zero-order valence-corrected chi connectivity index (χ0v) is 6.13. The fraction of sp³-hybridized carbons (Fsp3) is 0.833. The van der Waals surface area contributed by atoms with Crippen molar-refractivity contribution in [3.63, 3.8) is 0 Å². The Hall–Kier alpha value is -0.610. The second-order valence-electron chi connectivity index (χ2n) is 2.06. The molecule has 0 radical (unpaired) electrons. The van der Waals surface area contributed by atoms with E-state index in [-0.39, 0.29) is 25.1 Å². The van der Waals surface area contributed by atoms with Gasteiger partial charge in [0, 0.05) is 0 Å². The summed E-state index contributed by atoms with van der Waals surface area (Å²) < 4.78 is 0. The van der Waals surface area contributed by atoms with Crippen molar-refractivity contribution in [2.45, 2.75) is 19.4 Å². The van der Waals surface area contributed by atoms with Gasteiger partial charge in [0.05, 0.1) is 19.2 Å². The number of aliphatic hydroxyl groups is 1. The van der Waals surface area contributed by atoms with Gasteiger partial charge in [-0.15, -0.1) is 0 Å². The van der Waals surface area contributed by atoms with Crippen molar-refractivity contribution in [1.82, 2.24) is 5.32 Å². The van der Waals surface area contributed by atoms with Crippen LogP contribution in [-0.2, 0) is 4.79 Å². The topological polar surface area (TPSA) is 75.3 Å². The Morgan fingerprint density at radius 1 is 1.80 bits per heavy atom. The Balaban J connectivity index is 3.52. The van der Waals surface area contributed by atoms with Crippen LogP contribution in [0.2, 0.25) is 0 Å². The van der Waals surface area contributed by atoms with Crippen molar-refractivity contribution in [3.8, 4) is 0 Å². The molecule has 4 nitrogen and oxygen atoms in total. The zero-order valence-electron chi connectivity index (χ0n) is 6.13. The quantitative estimate of drug-likeness (QED) is 0.468. The summed E-state index contributed by atoms with van der Waals surface area (Å²) in [7, 11) is 0. The minimum atomic E-state index is -0.221. The Morgan fingerprint density at radius 2 is 2.40 bits per heavy atom. The van der Waals surface area contributed by atoms with Gasteiger partial charge in [-0.25, -0.2) is 0 Å². The largest absolute Gasteiger partial charge is 0.394 e. The number of hydrogen-bond donors (Lipinski definition) is 3. The van der Waals surface area contributed by atoms with Gasteiger partial charge in [0.1, 0.15) is 0 Å². The van der Waals surface area contributed by atoms with Gasteiger partial charge >= 0.3 is 0 Å². The van der Waals surface area contributed by atoms with Gasteiger partial charge in [-0.1, -0.05) is 6.92 Å². The molecule has 0 spiro atoms. The Bertz CT molecular complexity index is 102. The number of nitrogens with two attached hydrogens (primary N) is 1. The Labute approximate surface area is 60.4 Å². The molecule has 0 unspecified atom stereocenters. The average molecular weight is 146 g/mol. The summed E-state index contributed by atoms with van der Waals surface area (Å²) in [6.07, 6.45) is 0.724. The van der Waals surface area contributed by atoms with Gasteiger partial charge in [-0.2, -0.15) is 0 Å². The van der Waals surface area contributed by atoms with E-state index in [9.17, 15) is 4.79 Å². The summed E-state index contributed by atoms with van der Waals surface area (Å²) in [6, 6.07) is -0.143. The summed E-state index contributed by atoms with van der Waals surface area (Å²) in [5, 5.41) is 11.2. The van der Waals surface area contributed by atoms with Gasteiger partial charge in [0.2, 0.25) is 5.91 Å². The third-order valence-electron chi connectivity index (χ3n) is 1.26. The molecule has 4 N–H and O–H groups in total. The molecule has 0 aromatic rings. The van der Waals surface area contributed by atoms with Gasteiger partial charge < -0.3 is 16.2 Å². The van der Waals surface area contributed by atoms with E-state index in [2.05, 4.69) is 5.32 Å². The maximum absolute atomic E-state index is 10.6.